The van der Waals surface area contributed by atoms with Crippen molar-refractivity contribution in [2.75, 3.05) is 20.1 Å². The summed E-state index contributed by atoms with van der Waals surface area (Å²) in [6.45, 7) is 10.4. The Morgan fingerprint density at radius 2 is 1.19 bits per heavy atom. The van der Waals surface area contributed by atoms with Crippen molar-refractivity contribution in [2.24, 2.45) is 0 Å². The summed E-state index contributed by atoms with van der Waals surface area (Å²) in [5.74, 6) is 0. The van der Waals surface area contributed by atoms with E-state index in [1.165, 1.54) is 25.9 Å². The van der Waals surface area contributed by atoms with Gasteiger partial charge in [0.1, 0.15) is 0 Å². The van der Waals surface area contributed by atoms with E-state index >= 15 is 0 Å². The fraction of sp³-hybridized carbons (Fsp3) is 0.600. The highest BCUT2D eigenvalue weighted by Gasteiger charge is 2.08. The minimum atomic E-state index is 1.21. The van der Waals surface area contributed by atoms with Crippen molar-refractivity contribution in [2.45, 2.75) is 40.5 Å². The number of benzene rings is 1. The molecule has 0 N–H and O–H groups in total. The molecular formula is C15H27N. The summed E-state index contributed by atoms with van der Waals surface area (Å²) in [5.41, 5.74) is 3.09. The van der Waals surface area contributed by atoms with Crippen LogP contribution in [-0.4, -0.2) is 25.0 Å². The minimum absolute atomic E-state index is 1.21. The minimum Gasteiger partial charge on any atom is -0.306 e. The monoisotopic (exact) mass is 221 g/mol. The van der Waals surface area contributed by atoms with Crippen molar-refractivity contribution in [3.8, 4) is 0 Å². The van der Waals surface area contributed by atoms with E-state index in [0.717, 1.165) is 0 Å². The Balaban J connectivity index is 0.000000509. The van der Waals surface area contributed by atoms with Gasteiger partial charge in [-0.15, -0.1) is 0 Å². The Hall–Kier alpha value is -0.820. The Morgan fingerprint density at radius 3 is 1.56 bits per heavy atom. The Morgan fingerprint density at radius 1 is 0.812 bits per heavy atom. The van der Waals surface area contributed by atoms with Crippen molar-refractivity contribution < 1.29 is 0 Å². The summed E-state index contributed by atoms with van der Waals surface area (Å²) >= 11 is 0. The first-order valence-corrected chi connectivity index (χ1v) is 6.61. The highest BCUT2D eigenvalue weighted by Crippen LogP contribution is 2.14. The van der Waals surface area contributed by atoms with Crippen LogP contribution in [0.4, 0.5) is 0 Å². The van der Waals surface area contributed by atoms with Crippen LogP contribution in [0.15, 0.2) is 24.3 Å². The summed E-state index contributed by atoms with van der Waals surface area (Å²) in [6.07, 6.45) is 2.43. The lowest BCUT2D eigenvalue weighted by molar-refractivity contribution is 0.352. The number of hydrogen-bond donors (Lipinski definition) is 0. The number of nitrogens with zero attached hydrogens (tertiary/aromatic N) is 1. The molecule has 0 bridgehead atoms. The molecule has 0 aliphatic carbocycles. The molecule has 0 saturated carbocycles. The van der Waals surface area contributed by atoms with Crippen LogP contribution < -0.4 is 0 Å². The van der Waals surface area contributed by atoms with Crippen LogP contribution in [0.2, 0.25) is 0 Å². The third-order valence-electron chi connectivity index (χ3n) is 2.64. The van der Waals surface area contributed by atoms with Crippen LogP contribution in [0.25, 0.3) is 0 Å². The maximum absolute atomic E-state index is 2.40. The lowest BCUT2D eigenvalue weighted by Crippen LogP contribution is -2.20. The third kappa shape index (κ3) is 4.80. The Labute approximate surface area is 101 Å². The average molecular weight is 221 g/mol. The van der Waals surface area contributed by atoms with Crippen molar-refractivity contribution in [3.05, 3.63) is 35.4 Å². The Bertz CT molecular complexity index is 241. The summed E-state index contributed by atoms with van der Waals surface area (Å²) < 4.78 is 0. The van der Waals surface area contributed by atoms with Crippen LogP contribution in [0, 0.1) is 0 Å². The molecule has 16 heavy (non-hydrogen) atoms. The first-order valence-electron chi connectivity index (χ1n) is 6.61. The summed E-state index contributed by atoms with van der Waals surface area (Å²) in [6, 6.07) is 8.80. The van der Waals surface area contributed by atoms with E-state index in [4.69, 9.17) is 0 Å². The highest BCUT2D eigenvalue weighted by atomic mass is 15.1. The zero-order valence-corrected chi connectivity index (χ0v) is 11.6. The van der Waals surface area contributed by atoms with Gasteiger partial charge in [-0.25, -0.2) is 0 Å². The lowest BCUT2D eigenvalue weighted by atomic mass is 10.0. The fourth-order valence-electron chi connectivity index (χ4n) is 1.78. The molecule has 1 aromatic carbocycles. The predicted molar refractivity (Wildman–Crippen MR) is 74.0 cm³/mol. The van der Waals surface area contributed by atoms with Crippen molar-refractivity contribution in [3.63, 3.8) is 0 Å². The van der Waals surface area contributed by atoms with E-state index in [-0.39, 0.29) is 0 Å². The van der Waals surface area contributed by atoms with Crippen LogP contribution in [0.3, 0.4) is 0 Å². The number of rotatable bonds is 0. The topological polar surface area (TPSA) is 3.24 Å². The van der Waals surface area contributed by atoms with E-state index < -0.39 is 0 Å². The molecule has 0 aromatic heterocycles. The molecule has 0 atom stereocenters. The number of likely N-dealkylation sites (N-methyl/N-ethyl adjacent to an activating group) is 1. The molecule has 1 aliphatic heterocycles. The summed E-state index contributed by atoms with van der Waals surface area (Å²) in [5, 5.41) is 0. The molecule has 92 valence electrons. The quantitative estimate of drug-likeness (QED) is 0.644. The maximum Gasteiger partial charge on any atom is 0.00190 e. The van der Waals surface area contributed by atoms with Crippen LogP contribution in [0.5, 0.6) is 0 Å². The second kappa shape index (κ2) is 9.41. The van der Waals surface area contributed by atoms with Crippen LogP contribution in [0.1, 0.15) is 38.8 Å². The van der Waals surface area contributed by atoms with Gasteiger partial charge in [0, 0.05) is 13.1 Å². The van der Waals surface area contributed by atoms with Gasteiger partial charge in [0.2, 0.25) is 0 Å². The molecule has 0 fully saturated rings. The molecule has 0 amide bonds. The van der Waals surface area contributed by atoms with Gasteiger partial charge < -0.3 is 4.90 Å². The van der Waals surface area contributed by atoms with E-state index in [9.17, 15) is 0 Å². The standard InChI is InChI=1S/C11H15N.2C2H6/c1-12-8-6-10-4-2-3-5-11(10)7-9-12;2*1-2/h2-5H,6-9H2,1H3;2*1-2H3. The largest absolute Gasteiger partial charge is 0.306 e. The zero-order valence-electron chi connectivity index (χ0n) is 11.6. The van der Waals surface area contributed by atoms with Gasteiger partial charge in [0.25, 0.3) is 0 Å². The lowest BCUT2D eigenvalue weighted by Gasteiger charge is -2.10. The van der Waals surface area contributed by atoms with Crippen LogP contribution >= 0.6 is 0 Å². The Kier molecular flexibility index (Phi) is 8.93. The maximum atomic E-state index is 2.40. The highest BCUT2D eigenvalue weighted by molar-refractivity contribution is 5.28. The SMILES string of the molecule is CC.CC.CN1CCc2ccccc2CC1. The van der Waals surface area contributed by atoms with Crippen molar-refractivity contribution >= 4 is 0 Å². The van der Waals surface area contributed by atoms with Gasteiger partial charge in [-0.2, -0.15) is 0 Å². The van der Waals surface area contributed by atoms with Gasteiger partial charge in [-0.05, 0) is 31.0 Å². The second-order valence-corrected chi connectivity index (χ2v) is 3.57. The van der Waals surface area contributed by atoms with Gasteiger partial charge >= 0.3 is 0 Å². The summed E-state index contributed by atoms with van der Waals surface area (Å²) in [4.78, 5) is 2.40. The summed E-state index contributed by atoms with van der Waals surface area (Å²) in [7, 11) is 2.20. The van der Waals surface area contributed by atoms with Crippen molar-refractivity contribution in [1.29, 1.82) is 0 Å². The molecule has 1 nitrogen and oxygen atoms in total. The average Bonchev–Trinajstić information content (AvgIpc) is 2.57. The molecule has 1 heteroatoms. The third-order valence-corrected chi connectivity index (χ3v) is 2.64. The molecule has 1 aromatic rings. The number of fused-ring (bicyclic) bond motifs is 1. The number of hydrogen-bond acceptors (Lipinski definition) is 1. The van der Waals surface area contributed by atoms with Crippen LogP contribution in [-0.2, 0) is 12.8 Å². The predicted octanol–water partition coefficient (Wildman–Crippen LogP) is 3.77. The zero-order chi connectivity index (χ0) is 12.4. The smallest absolute Gasteiger partial charge is 0.00190 e. The van der Waals surface area contributed by atoms with E-state index in [1.54, 1.807) is 11.1 Å². The first-order chi connectivity index (χ1) is 7.86. The fourth-order valence-corrected chi connectivity index (χ4v) is 1.78. The molecule has 1 heterocycles. The molecule has 0 radical (unpaired) electrons. The van der Waals surface area contributed by atoms with Gasteiger partial charge in [0.15, 0.2) is 0 Å². The molecule has 0 saturated heterocycles. The van der Waals surface area contributed by atoms with Gasteiger partial charge in [-0.3, -0.25) is 0 Å². The van der Waals surface area contributed by atoms with E-state index in [0.29, 0.717) is 0 Å². The normalized spacial score (nSPS) is 14.6. The molecule has 0 spiro atoms. The molecule has 0 unspecified atom stereocenters. The molecule has 2 rings (SSSR count). The molecular weight excluding hydrogens is 194 g/mol. The van der Waals surface area contributed by atoms with E-state index in [1.807, 2.05) is 27.7 Å². The van der Waals surface area contributed by atoms with E-state index in [2.05, 4.69) is 36.2 Å². The molecule has 1 aliphatic rings. The first kappa shape index (κ1) is 15.2. The van der Waals surface area contributed by atoms with Gasteiger partial charge in [-0.1, -0.05) is 52.0 Å². The second-order valence-electron chi connectivity index (χ2n) is 3.57. The van der Waals surface area contributed by atoms with Gasteiger partial charge in [0.05, 0.1) is 0 Å². The van der Waals surface area contributed by atoms with Crippen molar-refractivity contribution in [1.82, 2.24) is 4.90 Å².